The maximum Gasteiger partial charge on any atom is 0.188 e. The van der Waals surface area contributed by atoms with E-state index in [-0.39, 0.29) is 12.4 Å². The molecule has 0 bridgehead atoms. The zero-order valence-corrected chi connectivity index (χ0v) is 12.7. The number of carbonyl (C=O) groups excluding carboxylic acids is 1. The van der Waals surface area contributed by atoms with Gasteiger partial charge in [0.05, 0.1) is 13.7 Å². The van der Waals surface area contributed by atoms with E-state index in [1.807, 2.05) is 56.3 Å². The van der Waals surface area contributed by atoms with Crippen LogP contribution < -0.4 is 4.74 Å². The van der Waals surface area contributed by atoms with Crippen LogP contribution in [0.5, 0.6) is 5.75 Å². The van der Waals surface area contributed by atoms with E-state index in [2.05, 4.69) is 0 Å². The lowest BCUT2D eigenvalue weighted by atomic mass is 10.0. The maximum absolute atomic E-state index is 12.2. The minimum absolute atomic E-state index is 0.00539. The third kappa shape index (κ3) is 3.92. The summed E-state index contributed by atoms with van der Waals surface area (Å²) in [7, 11) is 1.63. The van der Waals surface area contributed by atoms with Crippen LogP contribution in [0.2, 0.25) is 0 Å². The van der Waals surface area contributed by atoms with Crippen molar-refractivity contribution in [2.75, 3.05) is 13.7 Å². The predicted octanol–water partition coefficient (Wildman–Crippen LogP) is 3.71. The van der Waals surface area contributed by atoms with Crippen LogP contribution >= 0.6 is 0 Å². The van der Waals surface area contributed by atoms with Crippen LogP contribution in [0.4, 0.5) is 0 Å². The number of benzene rings is 2. The second kappa shape index (κ2) is 7.04. The van der Waals surface area contributed by atoms with Crippen molar-refractivity contribution in [1.82, 2.24) is 0 Å². The first-order valence-electron chi connectivity index (χ1n) is 6.92. The first-order valence-corrected chi connectivity index (χ1v) is 6.92. The molecule has 3 heteroatoms. The molecule has 0 saturated carbocycles. The molecule has 0 atom stereocenters. The van der Waals surface area contributed by atoms with Gasteiger partial charge in [-0.1, -0.05) is 30.3 Å². The number of Topliss-reactive ketones (excluding diaryl/α,β-unsaturated/α-hetero) is 1. The van der Waals surface area contributed by atoms with Crippen LogP contribution in [0.3, 0.4) is 0 Å². The van der Waals surface area contributed by atoms with Crippen LogP contribution in [0.1, 0.15) is 27.0 Å². The second-order valence-corrected chi connectivity index (χ2v) is 5.04. The van der Waals surface area contributed by atoms with Gasteiger partial charge >= 0.3 is 0 Å². The maximum atomic E-state index is 12.2. The molecule has 0 fully saturated rings. The van der Waals surface area contributed by atoms with Crippen molar-refractivity contribution in [2.24, 2.45) is 0 Å². The molecule has 0 aromatic heterocycles. The molecule has 2 aromatic carbocycles. The molecular formula is C18H20O3. The summed E-state index contributed by atoms with van der Waals surface area (Å²) < 4.78 is 10.8. The Hall–Kier alpha value is -2.13. The van der Waals surface area contributed by atoms with Gasteiger partial charge in [-0.25, -0.2) is 0 Å². The van der Waals surface area contributed by atoms with E-state index in [0.29, 0.717) is 12.2 Å². The summed E-state index contributed by atoms with van der Waals surface area (Å²) in [4.78, 5) is 12.2. The molecule has 0 spiro atoms. The largest absolute Gasteiger partial charge is 0.496 e. The molecule has 2 rings (SSSR count). The number of methoxy groups -OCH3 is 1. The topological polar surface area (TPSA) is 35.5 Å². The molecule has 3 nitrogen and oxygen atoms in total. The van der Waals surface area contributed by atoms with Gasteiger partial charge in [-0.05, 0) is 42.7 Å². The summed E-state index contributed by atoms with van der Waals surface area (Å²) in [5, 5.41) is 0. The lowest BCUT2D eigenvalue weighted by molar-refractivity contribution is 0.0726. The van der Waals surface area contributed by atoms with Gasteiger partial charge in [0.15, 0.2) is 5.78 Å². The van der Waals surface area contributed by atoms with Crippen LogP contribution in [0.25, 0.3) is 0 Å². The number of ether oxygens (including phenoxy) is 2. The van der Waals surface area contributed by atoms with Crippen molar-refractivity contribution in [2.45, 2.75) is 20.5 Å². The SMILES string of the molecule is COc1cc(C)c(C(=O)COCc2ccccc2)cc1C. The average Bonchev–Trinajstić information content (AvgIpc) is 2.50. The summed E-state index contributed by atoms with van der Waals surface area (Å²) in [6.45, 7) is 4.37. The molecule has 0 heterocycles. The van der Waals surface area contributed by atoms with Crippen molar-refractivity contribution in [3.05, 3.63) is 64.7 Å². The number of hydrogen-bond acceptors (Lipinski definition) is 3. The Bertz CT molecular complexity index is 618. The van der Waals surface area contributed by atoms with Gasteiger partial charge in [-0.2, -0.15) is 0 Å². The number of ketones is 1. The van der Waals surface area contributed by atoms with Gasteiger partial charge in [0, 0.05) is 5.56 Å². The van der Waals surface area contributed by atoms with E-state index in [1.54, 1.807) is 7.11 Å². The molecule has 0 aliphatic heterocycles. The standard InChI is InChI=1S/C18H20O3/c1-13-10-18(20-3)14(2)9-16(13)17(19)12-21-11-15-7-5-4-6-8-15/h4-10H,11-12H2,1-3H3. The number of aryl methyl sites for hydroxylation is 2. The van der Waals surface area contributed by atoms with Gasteiger partial charge in [0.2, 0.25) is 0 Å². The highest BCUT2D eigenvalue weighted by atomic mass is 16.5. The number of hydrogen-bond donors (Lipinski definition) is 0. The summed E-state index contributed by atoms with van der Waals surface area (Å²) in [5.41, 5.74) is 3.62. The molecule has 2 aromatic rings. The molecule has 0 unspecified atom stereocenters. The van der Waals surface area contributed by atoms with E-state index in [0.717, 1.165) is 22.4 Å². The highest BCUT2D eigenvalue weighted by Gasteiger charge is 2.12. The van der Waals surface area contributed by atoms with Gasteiger partial charge in [0.1, 0.15) is 12.4 Å². The van der Waals surface area contributed by atoms with Crippen LogP contribution in [-0.2, 0) is 11.3 Å². The van der Waals surface area contributed by atoms with E-state index in [4.69, 9.17) is 9.47 Å². The first kappa shape index (κ1) is 15.3. The van der Waals surface area contributed by atoms with Gasteiger partial charge in [-0.3, -0.25) is 4.79 Å². The zero-order valence-electron chi connectivity index (χ0n) is 12.7. The second-order valence-electron chi connectivity index (χ2n) is 5.04. The third-order valence-corrected chi connectivity index (χ3v) is 3.39. The van der Waals surface area contributed by atoms with Crippen LogP contribution in [-0.4, -0.2) is 19.5 Å². The Morgan fingerprint density at radius 3 is 2.43 bits per heavy atom. The smallest absolute Gasteiger partial charge is 0.188 e. The third-order valence-electron chi connectivity index (χ3n) is 3.39. The van der Waals surface area contributed by atoms with E-state index in [1.165, 1.54) is 0 Å². The zero-order chi connectivity index (χ0) is 15.2. The molecule has 0 amide bonds. The summed E-state index contributed by atoms with van der Waals surface area (Å²) in [6, 6.07) is 13.6. The van der Waals surface area contributed by atoms with Crippen LogP contribution in [0.15, 0.2) is 42.5 Å². The molecule has 0 N–H and O–H groups in total. The van der Waals surface area contributed by atoms with Crippen molar-refractivity contribution < 1.29 is 14.3 Å². The molecule has 21 heavy (non-hydrogen) atoms. The van der Waals surface area contributed by atoms with Crippen molar-refractivity contribution in [3.63, 3.8) is 0 Å². The number of rotatable bonds is 6. The number of carbonyl (C=O) groups is 1. The fourth-order valence-electron chi connectivity index (χ4n) is 2.22. The van der Waals surface area contributed by atoms with Gasteiger partial charge < -0.3 is 9.47 Å². The van der Waals surface area contributed by atoms with Crippen molar-refractivity contribution in [1.29, 1.82) is 0 Å². The Labute approximate surface area is 125 Å². The highest BCUT2D eigenvalue weighted by Crippen LogP contribution is 2.22. The average molecular weight is 284 g/mol. The van der Waals surface area contributed by atoms with Crippen LogP contribution in [0, 0.1) is 13.8 Å². The van der Waals surface area contributed by atoms with E-state index in [9.17, 15) is 4.79 Å². The Kier molecular flexibility index (Phi) is 5.12. The molecular weight excluding hydrogens is 264 g/mol. The monoisotopic (exact) mass is 284 g/mol. The summed E-state index contributed by atoms with van der Waals surface area (Å²) in [6.07, 6.45) is 0. The lowest BCUT2D eigenvalue weighted by Crippen LogP contribution is -2.11. The quantitative estimate of drug-likeness (QED) is 0.759. The first-order chi connectivity index (χ1) is 10.1. The van der Waals surface area contributed by atoms with Crippen molar-refractivity contribution in [3.8, 4) is 5.75 Å². The summed E-state index contributed by atoms with van der Waals surface area (Å²) >= 11 is 0. The molecule has 0 radical (unpaired) electrons. The highest BCUT2D eigenvalue weighted by molar-refractivity contribution is 5.98. The predicted molar refractivity (Wildman–Crippen MR) is 82.9 cm³/mol. The van der Waals surface area contributed by atoms with E-state index >= 15 is 0 Å². The Morgan fingerprint density at radius 2 is 1.76 bits per heavy atom. The lowest BCUT2D eigenvalue weighted by Gasteiger charge is -2.11. The minimum Gasteiger partial charge on any atom is -0.496 e. The van der Waals surface area contributed by atoms with Crippen molar-refractivity contribution >= 4 is 5.78 Å². The molecule has 0 aliphatic rings. The fourth-order valence-corrected chi connectivity index (χ4v) is 2.22. The Morgan fingerprint density at radius 1 is 1.05 bits per heavy atom. The minimum atomic E-state index is -0.00539. The van der Waals surface area contributed by atoms with E-state index < -0.39 is 0 Å². The normalized spacial score (nSPS) is 10.4. The van der Waals surface area contributed by atoms with Gasteiger partial charge in [-0.15, -0.1) is 0 Å². The molecule has 110 valence electrons. The van der Waals surface area contributed by atoms with Gasteiger partial charge in [0.25, 0.3) is 0 Å². The summed E-state index contributed by atoms with van der Waals surface area (Å²) in [5.74, 6) is 0.795. The fraction of sp³-hybridized carbons (Fsp3) is 0.278. The molecule has 0 saturated heterocycles. The molecule has 0 aliphatic carbocycles. The Balaban J connectivity index is 1.99.